The number of hydrogen-bond donors (Lipinski definition) is 1. The molecule has 1 aromatic carbocycles. The van der Waals surface area contributed by atoms with Crippen molar-refractivity contribution in [2.75, 3.05) is 13.1 Å². The predicted octanol–water partition coefficient (Wildman–Crippen LogP) is 3.98. The maximum absolute atomic E-state index is 12.4. The molecule has 1 saturated carbocycles. The summed E-state index contributed by atoms with van der Waals surface area (Å²) >= 11 is 1.63. The second kappa shape index (κ2) is 9.16. The molecule has 1 aromatic heterocycles. The Balaban J connectivity index is 1.23. The Bertz CT molecular complexity index is 881. The molecule has 4 rings (SSSR count). The Hall–Kier alpha value is -2.41. The number of rotatable bonds is 7. The van der Waals surface area contributed by atoms with Gasteiger partial charge in [0.05, 0.1) is 17.2 Å². The van der Waals surface area contributed by atoms with Gasteiger partial charge in [-0.25, -0.2) is 4.98 Å². The molecule has 6 nitrogen and oxygen atoms in total. The van der Waals surface area contributed by atoms with E-state index >= 15 is 0 Å². The van der Waals surface area contributed by atoms with E-state index in [0.29, 0.717) is 23.9 Å². The molecule has 2 heterocycles. The molecule has 0 unspecified atom stereocenters. The van der Waals surface area contributed by atoms with E-state index in [1.807, 2.05) is 22.4 Å². The summed E-state index contributed by atoms with van der Waals surface area (Å²) in [7, 11) is 0. The van der Waals surface area contributed by atoms with Gasteiger partial charge in [-0.15, -0.1) is 11.3 Å². The molecule has 2 amide bonds. The van der Waals surface area contributed by atoms with Gasteiger partial charge in [-0.1, -0.05) is 13.8 Å². The van der Waals surface area contributed by atoms with Gasteiger partial charge < -0.3 is 15.0 Å². The second-order valence-electron chi connectivity index (χ2n) is 8.46. The number of ether oxygens (including phenoxy) is 1. The molecule has 2 fully saturated rings. The van der Waals surface area contributed by atoms with Crippen molar-refractivity contribution in [1.29, 1.82) is 0 Å². The first kappa shape index (κ1) is 20.8. The van der Waals surface area contributed by atoms with E-state index in [1.54, 1.807) is 23.5 Å². The molecule has 160 valence electrons. The topological polar surface area (TPSA) is 71.5 Å². The van der Waals surface area contributed by atoms with Crippen LogP contribution in [0.3, 0.4) is 0 Å². The van der Waals surface area contributed by atoms with E-state index < -0.39 is 0 Å². The van der Waals surface area contributed by atoms with E-state index in [-0.39, 0.29) is 17.9 Å². The van der Waals surface area contributed by atoms with Crippen LogP contribution in [0.1, 0.15) is 66.5 Å². The van der Waals surface area contributed by atoms with Crippen LogP contribution < -0.4 is 10.1 Å². The maximum atomic E-state index is 12.4. The van der Waals surface area contributed by atoms with E-state index in [4.69, 9.17) is 4.74 Å². The Morgan fingerprint density at radius 1 is 1.17 bits per heavy atom. The number of hydrogen-bond acceptors (Lipinski definition) is 5. The Morgan fingerprint density at radius 3 is 2.47 bits per heavy atom. The maximum Gasteiger partial charge on any atom is 0.251 e. The molecule has 0 atom stereocenters. The smallest absolute Gasteiger partial charge is 0.251 e. The van der Waals surface area contributed by atoms with Gasteiger partial charge in [0.2, 0.25) is 5.91 Å². The summed E-state index contributed by atoms with van der Waals surface area (Å²) in [5.41, 5.74) is 1.50. The van der Waals surface area contributed by atoms with Crippen molar-refractivity contribution in [1.82, 2.24) is 15.2 Å². The lowest BCUT2D eigenvalue weighted by atomic mass is 10.1. The summed E-state index contributed by atoms with van der Waals surface area (Å²) in [6.07, 6.45) is 3.93. The summed E-state index contributed by atoms with van der Waals surface area (Å²) in [4.78, 5) is 31.1. The number of amides is 2. The number of carbonyl (C=O) groups excluding carboxylic acids is 2. The van der Waals surface area contributed by atoms with Crippen LogP contribution in [0.25, 0.3) is 0 Å². The minimum Gasteiger partial charge on any atom is -0.490 e. The lowest BCUT2D eigenvalue weighted by molar-refractivity contribution is -0.134. The van der Waals surface area contributed by atoms with Crippen molar-refractivity contribution >= 4 is 23.2 Å². The second-order valence-corrected chi connectivity index (χ2v) is 9.35. The average Bonchev–Trinajstić information content (AvgIpc) is 3.49. The number of nitrogens with zero attached hydrogens (tertiary/aromatic N) is 2. The molecule has 1 aliphatic carbocycles. The van der Waals surface area contributed by atoms with Gasteiger partial charge in [-0.2, -0.15) is 0 Å². The van der Waals surface area contributed by atoms with Crippen molar-refractivity contribution in [2.24, 2.45) is 5.92 Å². The lowest BCUT2D eigenvalue weighted by Crippen LogP contribution is -2.42. The van der Waals surface area contributed by atoms with Gasteiger partial charge in [0.25, 0.3) is 5.91 Å². The van der Waals surface area contributed by atoms with Crippen LogP contribution in [0.4, 0.5) is 0 Å². The largest absolute Gasteiger partial charge is 0.490 e. The summed E-state index contributed by atoms with van der Waals surface area (Å²) in [6, 6.07) is 7.26. The Labute approximate surface area is 181 Å². The third kappa shape index (κ3) is 5.19. The first-order chi connectivity index (χ1) is 14.5. The normalized spacial score (nSPS) is 17.2. The fourth-order valence-electron chi connectivity index (χ4n) is 3.60. The van der Waals surface area contributed by atoms with E-state index in [0.717, 1.165) is 55.2 Å². The van der Waals surface area contributed by atoms with Crippen LogP contribution in [0, 0.1) is 5.92 Å². The van der Waals surface area contributed by atoms with E-state index in [9.17, 15) is 9.59 Å². The average molecular weight is 428 g/mol. The fourth-order valence-corrected chi connectivity index (χ4v) is 4.44. The van der Waals surface area contributed by atoms with Crippen LogP contribution >= 0.6 is 11.3 Å². The fraction of sp³-hybridized carbons (Fsp3) is 0.522. The number of piperidine rings is 1. The molecule has 0 spiro atoms. The SMILES string of the molecule is CC(C)c1nc(CNC(=O)c2ccc(OC3CCN(C(=O)C4CC4)CC3)cc2)cs1. The minimum absolute atomic E-state index is 0.118. The molecular formula is C23H29N3O3S. The molecule has 7 heteroatoms. The highest BCUT2D eigenvalue weighted by Gasteiger charge is 2.35. The highest BCUT2D eigenvalue weighted by atomic mass is 32.1. The van der Waals surface area contributed by atoms with Gasteiger partial charge in [0, 0.05) is 48.7 Å². The standard InChI is InChI=1S/C23H29N3O3S/c1-15(2)22-25-18(14-30-22)13-24-21(27)16-5-7-19(8-6-16)29-20-9-11-26(12-10-20)23(28)17-3-4-17/h5-8,14-15,17,20H,3-4,9-13H2,1-2H3,(H,24,27). The number of nitrogens with one attached hydrogen (secondary N) is 1. The molecule has 1 aliphatic heterocycles. The van der Waals surface area contributed by atoms with Gasteiger partial charge in [-0.3, -0.25) is 9.59 Å². The zero-order chi connectivity index (χ0) is 21.1. The molecule has 30 heavy (non-hydrogen) atoms. The van der Waals surface area contributed by atoms with E-state index in [1.165, 1.54) is 0 Å². The molecule has 1 saturated heterocycles. The highest BCUT2D eigenvalue weighted by Crippen LogP contribution is 2.32. The zero-order valence-electron chi connectivity index (χ0n) is 17.6. The number of benzene rings is 1. The first-order valence-corrected chi connectivity index (χ1v) is 11.7. The third-order valence-electron chi connectivity index (χ3n) is 5.59. The van der Waals surface area contributed by atoms with Crippen molar-refractivity contribution in [3.05, 3.63) is 45.9 Å². The summed E-state index contributed by atoms with van der Waals surface area (Å²) in [5, 5.41) is 6.01. The Kier molecular flexibility index (Phi) is 6.37. The molecular weight excluding hydrogens is 398 g/mol. The van der Waals surface area contributed by atoms with Crippen molar-refractivity contribution in [2.45, 2.75) is 58.1 Å². The predicted molar refractivity (Wildman–Crippen MR) is 117 cm³/mol. The highest BCUT2D eigenvalue weighted by molar-refractivity contribution is 7.09. The first-order valence-electron chi connectivity index (χ1n) is 10.8. The van der Waals surface area contributed by atoms with Crippen molar-refractivity contribution in [3.8, 4) is 5.75 Å². The number of thiazole rings is 1. The molecule has 0 radical (unpaired) electrons. The van der Waals surface area contributed by atoms with Crippen molar-refractivity contribution < 1.29 is 14.3 Å². The van der Waals surface area contributed by atoms with Gasteiger partial charge in [-0.05, 0) is 37.1 Å². The van der Waals surface area contributed by atoms with Crippen LogP contribution in [0.2, 0.25) is 0 Å². The van der Waals surface area contributed by atoms with Gasteiger partial charge in [0.15, 0.2) is 0 Å². The lowest BCUT2D eigenvalue weighted by Gasteiger charge is -2.32. The number of aromatic nitrogens is 1. The quantitative estimate of drug-likeness (QED) is 0.726. The molecule has 2 aromatic rings. The Morgan fingerprint density at radius 2 is 1.87 bits per heavy atom. The molecule has 1 N–H and O–H groups in total. The van der Waals surface area contributed by atoms with Crippen LogP contribution in [-0.2, 0) is 11.3 Å². The molecule has 0 bridgehead atoms. The minimum atomic E-state index is -0.118. The summed E-state index contributed by atoms with van der Waals surface area (Å²) < 4.78 is 6.07. The van der Waals surface area contributed by atoms with Crippen molar-refractivity contribution in [3.63, 3.8) is 0 Å². The summed E-state index contributed by atoms with van der Waals surface area (Å²) in [5.74, 6) is 1.65. The zero-order valence-corrected chi connectivity index (χ0v) is 18.4. The summed E-state index contributed by atoms with van der Waals surface area (Å²) in [6.45, 7) is 6.20. The van der Waals surface area contributed by atoms with Crippen LogP contribution in [-0.4, -0.2) is 40.9 Å². The van der Waals surface area contributed by atoms with Crippen LogP contribution in [0.15, 0.2) is 29.6 Å². The van der Waals surface area contributed by atoms with Gasteiger partial charge >= 0.3 is 0 Å². The van der Waals surface area contributed by atoms with Crippen LogP contribution in [0.5, 0.6) is 5.75 Å². The molecule has 2 aliphatic rings. The van der Waals surface area contributed by atoms with E-state index in [2.05, 4.69) is 24.1 Å². The van der Waals surface area contributed by atoms with Gasteiger partial charge in [0.1, 0.15) is 11.9 Å². The monoisotopic (exact) mass is 427 g/mol. The third-order valence-corrected chi connectivity index (χ3v) is 6.79. The number of carbonyl (C=O) groups is 2. The number of likely N-dealkylation sites (tertiary alicyclic amines) is 1.